The quantitative estimate of drug-likeness (QED) is 0.519. The maximum atomic E-state index is 11.9. The van der Waals surface area contributed by atoms with Gasteiger partial charge in [0.05, 0.1) is 0 Å². The fourth-order valence-electron chi connectivity index (χ4n) is 2.81. The van der Waals surface area contributed by atoms with Crippen molar-refractivity contribution in [2.24, 2.45) is 17.1 Å². The number of carbonyl (C=O) groups excluding carboxylic acids is 1. The predicted molar refractivity (Wildman–Crippen MR) is 100 cm³/mol. The monoisotopic (exact) mass is 331 g/mol. The molecule has 1 rings (SSSR count). The molecule has 24 heavy (non-hydrogen) atoms. The van der Waals surface area contributed by atoms with Crippen LogP contribution in [-0.4, -0.2) is 12.0 Å². The number of benzene rings is 1. The van der Waals surface area contributed by atoms with Crippen LogP contribution in [0.2, 0.25) is 0 Å². The number of rotatable bonds is 9. The second-order valence-electron chi connectivity index (χ2n) is 7.36. The molecular weight excluding hydrogens is 298 g/mol. The summed E-state index contributed by atoms with van der Waals surface area (Å²) in [6.45, 7) is 11.4. The molecule has 0 heterocycles. The summed E-state index contributed by atoms with van der Waals surface area (Å²) in [4.78, 5) is 11.9. The van der Waals surface area contributed by atoms with Crippen molar-refractivity contribution in [3.63, 3.8) is 0 Å². The minimum Gasteiger partial charge on any atom is -0.461 e. The summed E-state index contributed by atoms with van der Waals surface area (Å²) in [6.07, 6.45) is 4.19. The molecule has 0 aliphatic heterocycles. The van der Waals surface area contributed by atoms with Gasteiger partial charge >= 0.3 is 5.97 Å². The van der Waals surface area contributed by atoms with Gasteiger partial charge in [-0.05, 0) is 29.7 Å². The lowest BCUT2D eigenvalue weighted by atomic mass is 9.75. The Morgan fingerprint density at radius 2 is 1.88 bits per heavy atom. The van der Waals surface area contributed by atoms with E-state index in [1.54, 1.807) is 0 Å². The largest absolute Gasteiger partial charge is 0.461 e. The van der Waals surface area contributed by atoms with E-state index < -0.39 is 0 Å². The van der Waals surface area contributed by atoms with Crippen LogP contribution >= 0.6 is 0 Å². The first-order valence-electron chi connectivity index (χ1n) is 8.93. The predicted octanol–water partition coefficient (Wildman–Crippen LogP) is 4.86. The van der Waals surface area contributed by atoms with E-state index in [9.17, 15) is 4.79 Å². The van der Waals surface area contributed by atoms with Crippen molar-refractivity contribution in [2.45, 2.75) is 66.5 Å². The van der Waals surface area contributed by atoms with Crippen molar-refractivity contribution < 1.29 is 9.53 Å². The molecule has 3 heteroatoms. The van der Waals surface area contributed by atoms with Crippen molar-refractivity contribution in [2.75, 3.05) is 0 Å². The van der Waals surface area contributed by atoms with Crippen LogP contribution in [-0.2, 0) is 16.1 Å². The molecule has 0 amide bonds. The molecule has 134 valence electrons. The highest BCUT2D eigenvalue weighted by molar-refractivity contribution is 5.69. The Morgan fingerprint density at radius 3 is 2.42 bits per heavy atom. The zero-order valence-corrected chi connectivity index (χ0v) is 15.8. The number of esters is 1. The van der Waals surface area contributed by atoms with E-state index in [1.165, 1.54) is 5.57 Å². The number of hydrogen-bond acceptors (Lipinski definition) is 3. The van der Waals surface area contributed by atoms with Crippen molar-refractivity contribution >= 4 is 5.97 Å². The molecule has 0 radical (unpaired) electrons. The maximum Gasteiger partial charge on any atom is 0.306 e. The summed E-state index contributed by atoms with van der Waals surface area (Å²) in [7, 11) is 0. The van der Waals surface area contributed by atoms with Crippen LogP contribution in [0.4, 0.5) is 0 Å². The number of ether oxygens (including phenoxy) is 1. The zero-order chi connectivity index (χ0) is 18.2. The van der Waals surface area contributed by atoms with E-state index in [0.29, 0.717) is 25.4 Å². The normalized spacial score (nSPS) is 13.9. The second kappa shape index (κ2) is 9.63. The van der Waals surface area contributed by atoms with Gasteiger partial charge in [-0.15, -0.1) is 0 Å². The summed E-state index contributed by atoms with van der Waals surface area (Å²) in [6, 6.07) is 9.60. The summed E-state index contributed by atoms with van der Waals surface area (Å²) < 4.78 is 5.30. The Hall–Kier alpha value is -1.61. The summed E-state index contributed by atoms with van der Waals surface area (Å²) >= 11 is 0. The summed E-state index contributed by atoms with van der Waals surface area (Å²) in [5, 5.41) is 0. The van der Waals surface area contributed by atoms with E-state index in [0.717, 1.165) is 12.0 Å². The number of allylic oxidation sites excluding steroid dienone is 1. The van der Waals surface area contributed by atoms with Crippen LogP contribution < -0.4 is 5.73 Å². The van der Waals surface area contributed by atoms with Crippen LogP contribution in [0.3, 0.4) is 0 Å². The Balaban J connectivity index is 2.50. The van der Waals surface area contributed by atoms with Gasteiger partial charge in [-0.3, -0.25) is 4.79 Å². The molecule has 3 nitrogen and oxygen atoms in total. The Kier molecular flexibility index (Phi) is 8.20. The second-order valence-corrected chi connectivity index (χ2v) is 7.36. The van der Waals surface area contributed by atoms with Crippen molar-refractivity contribution in [1.82, 2.24) is 0 Å². The molecule has 1 aromatic rings. The fraction of sp³-hybridized carbons (Fsp3) is 0.571. The summed E-state index contributed by atoms with van der Waals surface area (Å²) in [5.74, 6) is 0.264. The lowest BCUT2D eigenvalue weighted by Crippen LogP contribution is -2.25. The van der Waals surface area contributed by atoms with E-state index >= 15 is 0 Å². The average molecular weight is 332 g/mol. The van der Waals surface area contributed by atoms with Crippen molar-refractivity contribution in [3.05, 3.63) is 47.5 Å². The van der Waals surface area contributed by atoms with Gasteiger partial charge in [0.25, 0.3) is 0 Å². The Morgan fingerprint density at radius 1 is 1.25 bits per heavy atom. The van der Waals surface area contributed by atoms with Gasteiger partial charge in [0.1, 0.15) is 6.61 Å². The van der Waals surface area contributed by atoms with Crippen LogP contribution in [0.15, 0.2) is 42.0 Å². The van der Waals surface area contributed by atoms with Gasteiger partial charge in [0, 0.05) is 12.5 Å². The number of hydrogen-bond donors (Lipinski definition) is 1. The summed E-state index contributed by atoms with van der Waals surface area (Å²) in [5.41, 5.74) is 8.75. The highest BCUT2D eigenvalue weighted by Gasteiger charge is 2.24. The van der Waals surface area contributed by atoms with Gasteiger partial charge in [-0.1, -0.05) is 76.6 Å². The molecule has 0 spiro atoms. The van der Waals surface area contributed by atoms with E-state index in [4.69, 9.17) is 10.5 Å². The van der Waals surface area contributed by atoms with Crippen molar-refractivity contribution in [1.29, 1.82) is 0 Å². The highest BCUT2D eigenvalue weighted by atomic mass is 16.5. The minimum absolute atomic E-state index is 0.113. The van der Waals surface area contributed by atoms with Gasteiger partial charge in [-0.25, -0.2) is 0 Å². The van der Waals surface area contributed by atoms with Crippen LogP contribution in [0, 0.1) is 11.3 Å². The minimum atomic E-state index is -0.191. The number of carbonyl (C=O) groups is 1. The fourth-order valence-corrected chi connectivity index (χ4v) is 2.81. The Labute approximate surface area is 147 Å². The molecule has 0 saturated heterocycles. The average Bonchev–Trinajstić information content (AvgIpc) is 2.56. The molecule has 0 fully saturated rings. The molecule has 1 atom stereocenters. The molecule has 2 N–H and O–H groups in total. The molecule has 0 aliphatic rings. The van der Waals surface area contributed by atoms with Gasteiger partial charge in [0.15, 0.2) is 0 Å². The topological polar surface area (TPSA) is 52.3 Å². The first-order valence-corrected chi connectivity index (χ1v) is 8.93. The van der Waals surface area contributed by atoms with Crippen LogP contribution in [0.5, 0.6) is 0 Å². The third kappa shape index (κ3) is 6.88. The van der Waals surface area contributed by atoms with E-state index in [-0.39, 0.29) is 17.4 Å². The third-order valence-corrected chi connectivity index (χ3v) is 4.61. The highest BCUT2D eigenvalue weighted by Crippen LogP contribution is 2.35. The zero-order valence-electron chi connectivity index (χ0n) is 15.8. The SMILES string of the molecule is CCC(C)(C)/C(=C/[C@@H](N)CCC(=O)OCc1ccccc1)C(C)C. The Bertz CT molecular complexity index is 532. The molecule has 0 aromatic heterocycles. The molecule has 0 unspecified atom stereocenters. The van der Waals surface area contributed by atoms with E-state index in [2.05, 4.69) is 40.7 Å². The van der Waals surface area contributed by atoms with Gasteiger partial charge < -0.3 is 10.5 Å². The smallest absolute Gasteiger partial charge is 0.306 e. The standard InChI is InChI=1S/C21H33NO2/c1-6-21(4,5)19(16(2)3)14-18(22)12-13-20(23)24-15-17-10-8-7-9-11-17/h7-11,14,16,18H,6,12-13,15,22H2,1-5H3/b19-14+/t18-/m0/s1. The lowest BCUT2D eigenvalue weighted by Gasteiger charge is -2.31. The van der Waals surface area contributed by atoms with Crippen LogP contribution in [0.1, 0.15) is 59.4 Å². The lowest BCUT2D eigenvalue weighted by molar-refractivity contribution is -0.145. The first-order chi connectivity index (χ1) is 11.3. The van der Waals surface area contributed by atoms with Crippen molar-refractivity contribution in [3.8, 4) is 0 Å². The molecule has 1 aromatic carbocycles. The van der Waals surface area contributed by atoms with Gasteiger partial charge in [0.2, 0.25) is 0 Å². The molecule has 0 aliphatic carbocycles. The third-order valence-electron chi connectivity index (χ3n) is 4.61. The first kappa shape index (κ1) is 20.4. The maximum absolute atomic E-state index is 11.9. The molecule has 0 saturated carbocycles. The molecule has 0 bridgehead atoms. The number of nitrogens with two attached hydrogens (primary N) is 1. The van der Waals surface area contributed by atoms with Gasteiger partial charge in [-0.2, -0.15) is 0 Å². The van der Waals surface area contributed by atoms with Crippen LogP contribution in [0.25, 0.3) is 0 Å². The van der Waals surface area contributed by atoms with E-state index in [1.807, 2.05) is 30.3 Å². The molecular formula is C21H33NO2.